The zero-order chi connectivity index (χ0) is 12.4. The van der Waals surface area contributed by atoms with Crippen LogP contribution in [0.25, 0.3) is 22.5 Å². The van der Waals surface area contributed by atoms with Crippen molar-refractivity contribution < 1.29 is 4.52 Å². The van der Waals surface area contributed by atoms with Crippen molar-refractivity contribution >= 4 is 11.0 Å². The number of fused-ring (bicyclic) bond motifs is 1. The third-order valence-electron chi connectivity index (χ3n) is 2.57. The number of para-hydroxylation sites is 1. The smallest absolute Gasteiger partial charge is 0.260 e. The number of aromatic nitrogens is 4. The molecule has 0 saturated heterocycles. The van der Waals surface area contributed by atoms with Gasteiger partial charge < -0.3 is 10.3 Å². The van der Waals surface area contributed by atoms with Gasteiger partial charge in [-0.05, 0) is 18.7 Å². The summed E-state index contributed by atoms with van der Waals surface area (Å²) >= 11 is 0. The lowest BCUT2D eigenvalue weighted by Crippen LogP contribution is -2.03. The van der Waals surface area contributed by atoms with E-state index >= 15 is 0 Å². The van der Waals surface area contributed by atoms with E-state index in [-0.39, 0.29) is 0 Å². The van der Waals surface area contributed by atoms with E-state index in [0.29, 0.717) is 24.7 Å². The molecule has 0 amide bonds. The van der Waals surface area contributed by atoms with Gasteiger partial charge in [0.05, 0.1) is 11.1 Å². The summed E-state index contributed by atoms with van der Waals surface area (Å²) in [7, 11) is 0. The molecule has 6 nitrogen and oxygen atoms in total. The van der Waals surface area contributed by atoms with Crippen LogP contribution >= 0.6 is 0 Å². The molecule has 3 rings (SSSR count). The highest BCUT2D eigenvalue weighted by Gasteiger charge is 2.12. The van der Waals surface area contributed by atoms with E-state index in [1.54, 1.807) is 12.4 Å². The Morgan fingerprint density at radius 3 is 2.94 bits per heavy atom. The summed E-state index contributed by atoms with van der Waals surface area (Å²) in [6.45, 7) is 0.494. The highest BCUT2D eigenvalue weighted by Crippen LogP contribution is 2.24. The van der Waals surface area contributed by atoms with Crippen molar-refractivity contribution in [1.82, 2.24) is 20.1 Å². The van der Waals surface area contributed by atoms with Gasteiger partial charge in [-0.15, -0.1) is 0 Å². The predicted octanol–water partition coefficient (Wildman–Crippen LogP) is 1.18. The van der Waals surface area contributed by atoms with E-state index in [9.17, 15) is 0 Å². The summed E-state index contributed by atoms with van der Waals surface area (Å²) in [4.78, 5) is 12.8. The first kappa shape index (κ1) is 10.8. The first-order valence-corrected chi connectivity index (χ1v) is 5.61. The standard InChI is InChI=1S/C12H11N5O/c13-5-4-10-16-12(18-17-10)8-2-1-3-9-11(8)15-7-6-14-9/h1-3,6-7H,4-5,13H2. The molecule has 6 heteroatoms. The van der Waals surface area contributed by atoms with Gasteiger partial charge in [0.15, 0.2) is 5.82 Å². The molecule has 0 atom stereocenters. The topological polar surface area (TPSA) is 90.7 Å². The lowest BCUT2D eigenvalue weighted by atomic mass is 10.2. The number of benzene rings is 1. The van der Waals surface area contributed by atoms with E-state index in [2.05, 4.69) is 20.1 Å². The molecular formula is C12H11N5O. The Bertz CT molecular complexity index is 674. The van der Waals surface area contributed by atoms with Crippen LogP contribution < -0.4 is 5.73 Å². The fourth-order valence-electron chi connectivity index (χ4n) is 1.76. The molecule has 3 aromatic rings. The van der Waals surface area contributed by atoms with Crippen LogP contribution in [0.5, 0.6) is 0 Å². The highest BCUT2D eigenvalue weighted by molar-refractivity contribution is 5.88. The number of hydrogen-bond acceptors (Lipinski definition) is 6. The minimum atomic E-state index is 0.449. The lowest BCUT2D eigenvalue weighted by Gasteiger charge is -1.99. The molecule has 0 bridgehead atoms. The van der Waals surface area contributed by atoms with Crippen LogP contribution in [0, 0.1) is 0 Å². The highest BCUT2D eigenvalue weighted by atomic mass is 16.5. The first-order chi connectivity index (χ1) is 8.88. The minimum absolute atomic E-state index is 0.449. The van der Waals surface area contributed by atoms with Gasteiger partial charge in [0.1, 0.15) is 5.52 Å². The van der Waals surface area contributed by atoms with Gasteiger partial charge in [0.25, 0.3) is 5.89 Å². The van der Waals surface area contributed by atoms with Crippen LogP contribution in [0.3, 0.4) is 0 Å². The van der Waals surface area contributed by atoms with E-state index in [1.165, 1.54) is 0 Å². The Morgan fingerprint density at radius 2 is 2.06 bits per heavy atom. The fraction of sp³-hybridized carbons (Fsp3) is 0.167. The number of hydrogen-bond donors (Lipinski definition) is 1. The molecule has 0 saturated carbocycles. The van der Waals surface area contributed by atoms with Crippen LogP contribution in [0.1, 0.15) is 5.82 Å². The Labute approximate surface area is 103 Å². The second-order valence-corrected chi connectivity index (χ2v) is 3.78. The Balaban J connectivity index is 2.12. The van der Waals surface area contributed by atoms with Gasteiger partial charge in [-0.2, -0.15) is 4.98 Å². The largest absolute Gasteiger partial charge is 0.334 e. The maximum Gasteiger partial charge on any atom is 0.260 e. The van der Waals surface area contributed by atoms with Gasteiger partial charge in [0, 0.05) is 18.8 Å². The molecule has 0 aliphatic rings. The molecule has 2 N–H and O–H groups in total. The molecule has 2 aromatic heterocycles. The van der Waals surface area contributed by atoms with Crippen molar-refractivity contribution in [3.05, 3.63) is 36.4 Å². The first-order valence-electron chi connectivity index (χ1n) is 5.61. The maximum atomic E-state index is 5.46. The molecule has 2 heterocycles. The molecular weight excluding hydrogens is 230 g/mol. The molecule has 0 unspecified atom stereocenters. The summed E-state index contributed by atoms with van der Waals surface area (Å²) < 4.78 is 5.23. The Kier molecular flexibility index (Phi) is 2.70. The maximum absolute atomic E-state index is 5.46. The molecule has 0 fully saturated rings. The average Bonchev–Trinajstić information content (AvgIpc) is 2.87. The molecule has 0 spiro atoms. The van der Waals surface area contributed by atoms with E-state index in [0.717, 1.165) is 16.6 Å². The zero-order valence-electron chi connectivity index (χ0n) is 9.58. The van der Waals surface area contributed by atoms with Crippen LogP contribution in [0.2, 0.25) is 0 Å². The van der Waals surface area contributed by atoms with Crippen molar-refractivity contribution in [3.63, 3.8) is 0 Å². The van der Waals surface area contributed by atoms with Crippen molar-refractivity contribution in [2.75, 3.05) is 6.54 Å². The molecule has 1 aromatic carbocycles. The Morgan fingerprint density at radius 1 is 1.17 bits per heavy atom. The number of nitrogens with two attached hydrogens (primary N) is 1. The van der Waals surface area contributed by atoms with Gasteiger partial charge in [0.2, 0.25) is 0 Å². The fourth-order valence-corrected chi connectivity index (χ4v) is 1.76. The molecule has 0 radical (unpaired) electrons. The second kappa shape index (κ2) is 4.50. The van der Waals surface area contributed by atoms with Gasteiger partial charge in [-0.1, -0.05) is 11.2 Å². The lowest BCUT2D eigenvalue weighted by molar-refractivity contribution is 0.423. The number of rotatable bonds is 3. The number of nitrogens with zero attached hydrogens (tertiary/aromatic N) is 4. The second-order valence-electron chi connectivity index (χ2n) is 3.78. The average molecular weight is 241 g/mol. The minimum Gasteiger partial charge on any atom is -0.334 e. The van der Waals surface area contributed by atoms with E-state index < -0.39 is 0 Å². The van der Waals surface area contributed by atoms with Gasteiger partial charge >= 0.3 is 0 Å². The van der Waals surface area contributed by atoms with Crippen LogP contribution in [0.15, 0.2) is 35.1 Å². The quantitative estimate of drug-likeness (QED) is 0.740. The summed E-state index contributed by atoms with van der Waals surface area (Å²) in [5.74, 6) is 1.05. The van der Waals surface area contributed by atoms with Crippen LogP contribution in [-0.4, -0.2) is 26.7 Å². The molecule has 18 heavy (non-hydrogen) atoms. The van der Waals surface area contributed by atoms with Crippen molar-refractivity contribution in [1.29, 1.82) is 0 Å². The van der Waals surface area contributed by atoms with Crippen LogP contribution in [-0.2, 0) is 6.42 Å². The third-order valence-corrected chi connectivity index (χ3v) is 2.57. The zero-order valence-corrected chi connectivity index (χ0v) is 9.58. The monoisotopic (exact) mass is 241 g/mol. The SMILES string of the molecule is NCCc1noc(-c2cccc3nccnc23)n1. The summed E-state index contributed by atoms with van der Waals surface area (Å²) in [6.07, 6.45) is 3.89. The summed E-state index contributed by atoms with van der Waals surface area (Å²) in [6, 6.07) is 5.67. The third kappa shape index (κ3) is 1.82. The van der Waals surface area contributed by atoms with E-state index in [1.807, 2.05) is 18.2 Å². The molecule has 90 valence electrons. The van der Waals surface area contributed by atoms with Crippen molar-refractivity contribution in [3.8, 4) is 11.5 Å². The molecule has 0 aliphatic heterocycles. The normalized spacial score (nSPS) is 10.9. The van der Waals surface area contributed by atoms with Crippen molar-refractivity contribution in [2.45, 2.75) is 6.42 Å². The Hall–Kier alpha value is -2.34. The van der Waals surface area contributed by atoms with Gasteiger partial charge in [-0.25, -0.2) is 0 Å². The summed E-state index contributed by atoms with van der Waals surface area (Å²) in [5.41, 5.74) is 7.80. The molecule has 0 aliphatic carbocycles. The van der Waals surface area contributed by atoms with Gasteiger partial charge in [-0.3, -0.25) is 9.97 Å². The van der Waals surface area contributed by atoms with Crippen molar-refractivity contribution in [2.24, 2.45) is 5.73 Å². The summed E-state index contributed by atoms with van der Waals surface area (Å²) in [5, 5.41) is 3.87. The van der Waals surface area contributed by atoms with Crippen LogP contribution in [0.4, 0.5) is 0 Å². The van der Waals surface area contributed by atoms with E-state index in [4.69, 9.17) is 10.3 Å². The predicted molar refractivity (Wildman–Crippen MR) is 65.6 cm³/mol.